The molecule has 0 aliphatic carbocycles. The van der Waals surface area contributed by atoms with E-state index in [1.165, 1.54) is 12.1 Å². The SMILES string of the molecule is Cc1ccccc1S(=O)(=O)NC(C)c1ccc(C(=O)NO)cc1. The lowest BCUT2D eigenvalue weighted by Gasteiger charge is -2.16. The van der Waals surface area contributed by atoms with E-state index in [4.69, 9.17) is 5.21 Å². The quantitative estimate of drug-likeness (QED) is 0.577. The summed E-state index contributed by atoms with van der Waals surface area (Å²) in [5.74, 6) is -0.621. The zero-order chi connectivity index (χ0) is 17.0. The van der Waals surface area contributed by atoms with E-state index in [-0.39, 0.29) is 10.5 Å². The van der Waals surface area contributed by atoms with Crippen LogP contribution in [0.2, 0.25) is 0 Å². The third-order valence-corrected chi connectivity index (χ3v) is 5.19. The van der Waals surface area contributed by atoms with Crippen molar-refractivity contribution < 1.29 is 18.4 Å². The van der Waals surface area contributed by atoms with Crippen molar-refractivity contribution in [3.05, 3.63) is 65.2 Å². The Labute approximate surface area is 135 Å². The Morgan fingerprint density at radius 3 is 2.26 bits per heavy atom. The lowest BCUT2D eigenvalue weighted by atomic mass is 10.1. The van der Waals surface area contributed by atoms with Crippen LogP contribution >= 0.6 is 0 Å². The molecule has 3 N–H and O–H groups in total. The number of aryl methyl sites for hydroxylation is 1. The number of amides is 1. The predicted molar refractivity (Wildman–Crippen MR) is 85.6 cm³/mol. The zero-order valence-corrected chi connectivity index (χ0v) is 13.6. The van der Waals surface area contributed by atoms with Crippen LogP contribution in [0.1, 0.15) is 34.5 Å². The molecule has 0 aromatic heterocycles. The maximum absolute atomic E-state index is 12.4. The molecule has 1 unspecified atom stereocenters. The van der Waals surface area contributed by atoms with Gasteiger partial charge in [0.15, 0.2) is 0 Å². The van der Waals surface area contributed by atoms with Gasteiger partial charge in [-0.05, 0) is 43.2 Å². The molecule has 122 valence electrons. The van der Waals surface area contributed by atoms with Crippen LogP contribution in [0.25, 0.3) is 0 Å². The van der Waals surface area contributed by atoms with Crippen LogP contribution in [0.5, 0.6) is 0 Å². The highest BCUT2D eigenvalue weighted by atomic mass is 32.2. The van der Waals surface area contributed by atoms with Gasteiger partial charge in [-0.1, -0.05) is 30.3 Å². The Morgan fingerprint density at radius 2 is 1.70 bits per heavy atom. The van der Waals surface area contributed by atoms with E-state index in [9.17, 15) is 13.2 Å². The number of nitrogens with one attached hydrogen (secondary N) is 2. The molecule has 0 radical (unpaired) electrons. The maximum Gasteiger partial charge on any atom is 0.274 e. The number of hydroxylamine groups is 1. The van der Waals surface area contributed by atoms with E-state index in [1.807, 2.05) is 0 Å². The Morgan fingerprint density at radius 1 is 1.09 bits per heavy atom. The molecule has 0 heterocycles. The highest BCUT2D eigenvalue weighted by molar-refractivity contribution is 7.89. The summed E-state index contributed by atoms with van der Waals surface area (Å²) >= 11 is 0. The summed E-state index contributed by atoms with van der Waals surface area (Å²) in [6.45, 7) is 3.46. The molecule has 0 aliphatic heterocycles. The predicted octanol–water partition coefficient (Wildman–Crippen LogP) is 2.15. The highest BCUT2D eigenvalue weighted by Crippen LogP contribution is 2.19. The summed E-state index contributed by atoms with van der Waals surface area (Å²) in [5, 5.41) is 8.58. The van der Waals surface area contributed by atoms with Crippen LogP contribution in [0.4, 0.5) is 0 Å². The molecule has 6 nitrogen and oxygen atoms in total. The number of hydrogen-bond acceptors (Lipinski definition) is 4. The Bertz CT molecular complexity index is 801. The first-order valence-corrected chi connectivity index (χ1v) is 8.46. The first kappa shape index (κ1) is 17.1. The van der Waals surface area contributed by atoms with Crippen molar-refractivity contribution >= 4 is 15.9 Å². The Kier molecular flexibility index (Phi) is 5.15. The lowest BCUT2D eigenvalue weighted by molar-refractivity contribution is 0.0706. The molecule has 1 amide bonds. The molecule has 2 aromatic carbocycles. The molecule has 2 rings (SSSR count). The smallest absolute Gasteiger partial charge is 0.274 e. The summed E-state index contributed by atoms with van der Waals surface area (Å²) in [5.41, 5.74) is 3.20. The van der Waals surface area contributed by atoms with E-state index in [0.29, 0.717) is 11.1 Å². The summed E-state index contributed by atoms with van der Waals surface area (Å²) in [4.78, 5) is 11.5. The molecule has 23 heavy (non-hydrogen) atoms. The van der Waals surface area contributed by atoms with Crippen LogP contribution in [0.15, 0.2) is 53.4 Å². The van der Waals surface area contributed by atoms with Crippen LogP contribution in [-0.4, -0.2) is 19.5 Å². The van der Waals surface area contributed by atoms with Gasteiger partial charge in [-0.15, -0.1) is 0 Å². The fourth-order valence-electron chi connectivity index (χ4n) is 2.21. The van der Waals surface area contributed by atoms with Gasteiger partial charge < -0.3 is 0 Å². The standard InChI is InChI=1S/C16H18N2O4S/c1-11-5-3-4-6-15(11)23(21,22)18-12(2)13-7-9-14(10-8-13)16(19)17-20/h3-10,12,18,20H,1-2H3,(H,17,19). The maximum atomic E-state index is 12.4. The van der Waals surface area contributed by atoms with Crippen molar-refractivity contribution in [3.63, 3.8) is 0 Å². The number of rotatable bonds is 5. The van der Waals surface area contributed by atoms with E-state index in [0.717, 1.165) is 0 Å². The average molecular weight is 334 g/mol. The van der Waals surface area contributed by atoms with Gasteiger partial charge in [0.1, 0.15) is 0 Å². The molecular weight excluding hydrogens is 316 g/mol. The monoisotopic (exact) mass is 334 g/mol. The van der Waals surface area contributed by atoms with Gasteiger partial charge in [0.25, 0.3) is 5.91 Å². The van der Waals surface area contributed by atoms with Crippen LogP contribution in [0.3, 0.4) is 0 Å². The van der Waals surface area contributed by atoms with E-state index >= 15 is 0 Å². The zero-order valence-electron chi connectivity index (χ0n) is 12.8. The van der Waals surface area contributed by atoms with Crippen molar-refractivity contribution in [2.24, 2.45) is 0 Å². The molecule has 7 heteroatoms. The summed E-state index contributed by atoms with van der Waals surface area (Å²) in [6, 6.07) is 12.6. The van der Waals surface area contributed by atoms with Gasteiger partial charge in [0, 0.05) is 11.6 Å². The molecule has 0 spiro atoms. The molecule has 0 fully saturated rings. The average Bonchev–Trinajstić information content (AvgIpc) is 2.54. The second-order valence-corrected chi connectivity index (χ2v) is 6.85. The third-order valence-electron chi connectivity index (χ3n) is 3.49. The van der Waals surface area contributed by atoms with Crippen LogP contribution in [-0.2, 0) is 10.0 Å². The van der Waals surface area contributed by atoms with Gasteiger partial charge in [-0.2, -0.15) is 0 Å². The number of benzene rings is 2. The largest absolute Gasteiger partial charge is 0.288 e. The molecule has 0 bridgehead atoms. The summed E-state index contributed by atoms with van der Waals surface area (Å²) < 4.78 is 27.5. The normalized spacial score (nSPS) is 12.7. The third kappa shape index (κ3) is 3.95. The number of carbonyl (C=O) groups excluding carboxylic acids is 1. The second-order valence-electron chi connectivity index (χ2n) is 5.17. The summed E-state index contributed by atoms with van der Waals surface area (Å²) in [7, 11) is -3.64. The van der Waals surface area contributed by atoms with Gasteiger partial charge >= 0.3 is 0 Å². The molecule has 1 atom stereocenters. The van der Waals surface area contributed by atoms with Crippen LogP contribution < -0.4 is 10.2 Å². The Balaban J connectivity index is 2.20. The number of sulfonamides is 1. The van der Waals surface area contributed by atoms with Crippen molar-refractivity contribution in [2.75, 3.05) is 0 Å². The van der Waals surface area contributed by atoms with Crippen molar-refractivity contribution in [3.8, 4) is 0 Å². The van der Waals surface area contributed by atoms with E-state index in [2.05, 4.69) is 4.72 Å². The molecule has 0 saturated heterocycles. The van der Waals surface area contributed by atoms with Gasteiger partial charge in [0.2, 0.25) is 10.0 Å². The molecule has 0 aliphatic rings. The highest BCUT2D eigenvalue weighted by Gasteiger charge is 2.20. The topological polar surface area (TPSA) is 95.5 Å². The van der Waals surface area contributed by atoms with Crippen molar-refractivity contribution in [2.45, 2.75) is 24.8 Å². The molecular formula is C16H18N2O4S. The first-order chi connectivity index (χ1) is 10.8. The minimum absolute atomic E-state index is 0.239. The Hall–Kier alpha value is -2.22. The first-order valence-electron chi connectivity index (χ1n) is 6.97. The van der Waals surface area contributed by atoms with Crippen LogP contribution in [0, 0.1) is 6.92 Å². The second kappa shape index (κ2) is 6.91. The van der Waals surface area contributed by atoms with E-state index in [1.54, 1.807) is 55.7 Å². The van der Waals surface area contributed by atoms with E-state index < -0.39 is 22.0 Å². The fraction of sp³-hybridized carbons (Fsp3) is 0.188. The van der Waals surface area contributed by atoms with Gasteiger partial charge in [0.05, 0.1) is 4.90 Å². The van der Waals surface area contributed by atoms with Gasteiger partial charge in [-0.25, -0.2) is 18.6 Å². The lowest BCUT2D eigenvalue weighted by Crippen LogP contribution is -2.27. The minimum atomic E-state index is -3.64. The number of carbonyl (C=O) groups is 1. The summed E-state index contributed by atoms with van der Waals surface area (Å²) in [6.07, 6.45) is 0. The van der Waals surface area contributed by atoms with Crippen molar-refractivity contribution in [1.82, 2.24) is 10.2 Å². The van der Waals surface area contributed by atoms with Gasteiger partial charge in [-0.3, -0.25) is 10.0 Å². The molecule has 2 aromatic rings. The van der Waals surface area contributed by atoms with Crippen molar-refractivity contribution in [1.29, 1.82) is 0 Å². The fourth-order valence-corrected chi connectivity index (χ4v) is 3.69. The number of hydrogen-bond donors (Lipinski definition) is 3. The molecule has 0 saturated carbocycles. The minimum Gasteiger partial charge on any atom is -0.288 e.